The maximum Gasteiger partial charge on any atom is 0.211 e. The summed E-state index contributed by atoms with van der Waals surface area (Å²) in [4.78, 5) is 2.04. The summed E-state index contributed by atoms with van der Waals surface area (Å²) < 4.78 is 0. The summed E-state index contributed by atoms with van der Waals surface area (Å²) in [6.45, 7) is 0. The highest BCUT2D eigenvalue weighted by Crippen LogP contribution is 2.28. The molecule has 4 nitrogen and oxygen atoms in total. The second kappa shape index (κ2) is 6.60. The lowest BCUT2D eigenvalue weighted by Gasteiger charge is -2.25. The molecule has 6 heteroatoms. The molecule has 0 atom stereocenters. The molecule has 1 aliphatic heterocycles. The Hall–Kier alpha value is -1.28. The molecule has 0 spiro atoms. The van der Waals surface area contributed by atoms with Crippen LogP contribution in [-0.4, -0.2) is 12.2 Å². The van der Waals surface area contributed by atoms with E-state index >= 15 is 0 Å². The number of thiocarbonyl (C=S) groups is 1. The zero-order chi connectivity index (χ0) is 12.3. The van der Waals surface area contributed by atoms with Crippen LogP contribution in [0.5, 0.6) is 0 Å². The minimum absolute atomic E-state index is 0. The van der Waals surface area contributed by atoms with Crippen molar-refractivity contribution in [3.05, 3.63) is 47.8 Å². The lowest BCUT2D eigenvalue weighted by molar-refractivity contribution is 1.10. The number of allylic oxidation sites excluding steroid dienone is 1. The molecule has 1 heterocycles. The molecule has 1 aromatic carbocycles. The third-order valence-electron chi connectivity index (χ3n) is 2.47. The van der Waals surface area contributed by atoms with Gasteiger partial charge in [-0.3, -0.25) is 0 Å². The zero-order valence-corrected chi connectivity index (χ0v) is 12.9. The van der Waals surface area contributed by atoms with Crippen LogP contribution < -0.4 is 10.6 Å². The quantitative estimate of drug-likeness (QED) is 0.468. The molecule has 18 heavy (non-hydrogen) atoms. The number of likely N-dealkylation sites (N-methyl/N-ethyl adjacent to an activating group) is 1. The standard InChI is InChI=1S/C12H12N4S.HI/c1-16-10(8-14-15-12(13)17)7-6-9-4-2-3-5-11(9)16;/h2-8H,1H3,(H2,13,17);1H/b10-8+,15-14?;. The van der Waals surface area contributed by atoms with E-state index in [1.807, 2.05) is 36.2 Å². The number of para-hydroxylation sites is 1. The first-order valence-corrected chi connectivity index (χ1v) is 5.50. The molecule has 0 amide bonds. The Morgan fingerprint density at radius 2 is 2.06 bits per heavy atom. The highest BCUT2D eigenvalue weighted by atomic mass is 127. The maximum absolute atomic E-state index is 5.23. The van der Waals surface area contributed by atoms with E-state index in [1.54, 1.807) is 6.20 Å². The minimum Gasteiger partial charge on any atom is -0.373 e. The van der Waals surface area contributed by atoms with Gasteiger partial charge < -0.3 is 10.6 Å². The fraction of sp³-hybridized carbons (Fsp3) is 0.0833. The summed E-state index contributed by atoms with van der Waals surface area (Å²) in [5.74, 6) is 0. The second-order valence-corrected chi connectivity index (χ2v) is 3.98. The molecule has 0 saturated carbocycles. The highest BCUT2D eigenvalue weighted by Gasteiger charge is 2.12. The van der Waals surface area contributed by atoms with Crippen LogP contribution in [0.25, 0.3) is 6.08 Å². The summed E-state index contributed by atoms with van der Waals surface area (Å²) in [5.41, 5.74) is 8.47. The molecular weight excluding hydrogens is 359 g/mol. The van der Waals surface area contributed by atoms with Gasteiger partial charge in [0.25, 0.3) is 0 Å². The molecule has 2 rings (SSSR count). The van der Waals surface area contributed by atoms with Crippen LogP contribution in [0.4, 0.5) is 5.69 Å². The molecule has 1 aliphatic rings. The molecule has 0 unspecified atom stereocenters. The van der Waals surface area contributed by atoms with Gasteiger partial charge in [-0.1, -0.05) is 24.3 Å². The molecular formula is C12H13IN4S. The van der Waals surface area contributed by atoms with Gasteiger partial charge in [0.05, 0.1) is 11.9 Å². The summed E-state index contributed by atoms with van der Waals surface area (Å²) in [7, 11) is 1.98. The Kier molecular flexibility index (Phi) is 5.42. The van der Waals surface area contributed by atoms with E-state index in [4.69, 9.17) is 5.73 Å². The van der Waals surface area contributed by atoms with Gasteiger partial charge in [0.15, 0.2) is 0 Å². The van der Waals surface area contributed by atoms with Crippen LogP contribution >= 0.6 is 36.2 Å². The van der Waals surface area contributed by atoms with Gasteiger partial charge in [0, 0.05) is 12.7 Å². The van der Waals surface area contributed by atoms with Gasteiger partial charge in [0.2, 0.25) is 5.11 Å². The number of anilines is 1. The number of azo groups is 1. The number of nitrogens with two attached hydrogens (primary N) is 1. The number of rotatable bonds is 1. The summed E-state index contributed by atoms with van der Waals surface area (Å²) >= 11 is 4.61. The van der Waals surface area contributed by atoms with Crippen molar-refractivity contribution in [3.63, 3.8) is 0 Å². The molecule has 94 valence electrons. The van der Waals surface area contributed by atoms with Gasteiger partial charge >= 0.3 is 0 Å². The van der Waals surface area contributed by atoms with Crippen LogP contribution in [0.15, 0.2) is 52.5 Å². The van der Waals surface area contributed by atoms with Crippen LogP contribution in [0.2, 0.25) is 0 Å². The first kappa shape index (κ1) is 14.8. The zero-order valence-electron chi connectivity index (χ0n) is 9.78. The van der Waals surface area contributed by atoms with E-state index in [0.29, 0.717) is 0 Å². The minimum atomic E-state index is 0. The van der Waals surface area contributed by atoms with Crippen LogP contribution in [0.1, 0.15) is 5.56 Å². The van der Waals surface area contributed by atoms with Crippen molar-refractivity contribution in [3.8, 4) is 0 Å². The average molecular weight is 372 g/mol. The smallest absolute Gasteiger partial charge is 0.211 e. The van der Waals surface area contributed by atoms with Crippen LogP contribution in [0.3, 0.4) is 0 Å². The first-order valence-electron chi connectivity index (χ1n) is 5.10. The van der Waals surface area contributed by atoms with E-state index in [-0.39, 0.29) is 29.1 Å². The van der Waals surface area contributed by atoms with Gasteiger partial charge in [-0.25, -0.2) is 0 Å². The van der Waals surface area contributed by atoms with Gasteiger partial charge in [-0.05, 0) is 29.9 Å². The van der Waals surface area contributed by atoms with Crippen molar-refractivity contribution in [2.75, 3.05) is 11.9 Å². The van der Waals surface area contributed by atoms with E-state index in [1.165, 1.54) is 5.56 Å². The van der Waals surface area contributed by atoms with Crippen molar-refractivity contribution in [1.82, 2.24) is 0 Å². The molecule has 0 saturated heterocycles. The Morgan fingerprint density at radius 3 is 2.78 bits per heavy atom. The lowest BCUT2D eigenvalue weighted by Crippen LogP contribution is -2.18. The van der Waals surface area contributed by atoms with Crippen molar-refractivity contribution < 1.29 is 0 Å². The molecule has 0 radical (unpaired) electrons. The Bertz CT molecular complexity index is 537. The van der Waals surface area contributed by atoms with E-state index < -0.39 is 0 Å². The number of fused-ring (bicyclic) bond motifs is 1. The molecule has 1 aromatic rings. The third-order valence-corrected chi connectivity index (χ3v) is 2.55. The second-order valence-electron chi connectivity index (χ2n) is 3.56. The SMILES string of the molecule is CN1/C(=C/N=NC(N)=S)C=Cc2ccccc21.I. The Morgan fingerprint density at radius 1 is 1.33 bits per heavy atom. The number of hydrogen-bond donors (Lipinski definition) is 1. The van der Waals surface area contributed by atoms with E-state index in [2.05, 4.69) is 34.6 Å². The molecule has 0 aliphatic carbocycles. The fourth-order valence-electron chi connectivity index (χ4n) is 1.63. The van der Waals surface area contributed by atoms with E-state index in [0.717, 1.165) is 11.4 Å². The van der Waals surface area contributed by atoms with Crippen LogP contribution in [0, 0.1) is 0 Å². The molecule has 0 aromatic heterocycles. The normalized spacial score (nSPS) is 15.6. The van der Waals surface area contributed by atoms with Crippen molar-refractivity contribution in [1.29, 1.82) is 0 Å². The van der Waals surface area contributed by atoms with Gasteiger partial charge in [0.1, 0.15) is 0 Å². The number of halogens is 1. The Balaban J connectivity index is 0.00000162. The highest BCUT2D eigenvalue weighted by molar-refractivity contribution is 14.0. The van der Waals surface area contributed by atoms with Crippen molar-refractivity contribution in [2.45, 2.75) is 0 Å². The van der Waals surface area contributed by atoms with E-state index in [9.17, 15) is 0 Å². The number of nitrogens with zero attached hydrogens (tertiary/aromatic N) is 3. The number of benzene rings is 1. The monoisotopic (exact) mass is 372 g/mol. The maximum atomic E-state index is 5.23. The predicted molar refractivity (Wildman–Crippen MR) is 89.0 cm³/mol. The lowest BCUT2D eigenvalue weighted by atomic mass is 10.1. The van der Waals surface area contributed by atoms with Crippen molar-refractivity contribution >= 4 is 53.1 Å². The fourth-order valence-corrected chi connectivity index (χ4v) is 1.68. The number of hydrogen-bond acceptors (Lipinski definition) is 3. The third kappa shape index (κ3) is 3.36. The largest absolute Gasteiger partial charge is 0.373 e. The predicted octanol–water partition coefficient (Wildman–Crippen LogP) is 3.30. The Labute approximate surface area is 128 Å². The summed E-state index contributed by atoms with van der Waals surface area (Å²) in [5, 5.41) is 7.46. The topological polar surface area (TPSA) is 54.0 Å². The first-order chi connectivity index (χ1) is 8.18. The van der Waals surface area contributed by atoms with Crippen LogP contribution in [-0.2, 0) is 0 Å². The molecule has 0 bridgehead atoms. The van der Waals surface area contributed by atoms with Gasteiger partial charge in [-0.15, -0.1) is 29.1 Å². The summed E-state index contributed by atoms with van der Waals surface area (Å²) in [6, 6.07) is 8.13. The van der Waals surface area contributed by atoms with Crippen molar-refractivity contribution in [2.24, 2.45) is 16.0 Å². The summed E-state index contributed by atoms with van der Waals surface area (Å²) in [6.07, 6.45) is 5.64. The van der Waals surface area contributed by atoms with Gasteiger partial charge in [-0.2, -0.15) is 5.11 Å². The average Bonchev–Trinajstić information content (AvgIpc) is 2.32. The molecule has 2 N–H and O–H groups in total. The molecule has 0 fully saturated rings.